The Hall–Kier alpha value is -3.10. The van der Waals surface area contributed by atoms with Gasteiger partial charge in [-0.2, -0.15) is 13.2 Å². The van der Waals surface area contributed by atoms with E-state index in [9.17, 15) is 27.2 Å². The van der Waals surface area contributed by atoms with E-state index in [-0.39, 0.29) is 23.5 Å². The lowest BCUT2D eigenvalue weighted by Gasteiger charge is -2.25. The fourth-order valence-corrected chi connectivity index (χ4v) is 3.43. The largest absolute Gasteiger partial charge is 0.405 e. The number of anilines is 1. The Morgan fingerprint density at radius 2 is 1.83 bits per heavy atom. The van der Waals surface area contributed by atoms with Crippen LogP contribution in [0.1, 0.15) is 28.8 Å². The van der Waals surface area contributed by atoms with Crippen molar-refractivity contribution in [3.63, 3.8) is 0 Å². The van der Waals surface area contributed by atoms with Crippen molar-refractivity contribution in [2.75, 3.05) is 18.4 Å². The van der Waals surface area contributed by atoms with Crippen LogP contribution in [-0.2, 0) is 6.42 Å². The molecule has 1 heterocycles. The van der Waals surface area contributed by atoms with Crippen molar-refractivity contribution in [1.29, 1.82) is 0 Å². The van der Waals surface area contributed by atoms with E-state index in [1.165, 1.54) is 36.4 Å². The number of nitrogens with one attached hydrogen (secondary N) is 2. The summed E-state index contributed by atoms with van der Waals surface area (Å²) >= 11 is 0. The molecule has 1 atom stereocenters. The van der Waals surface area contributed by atoms with Gasteiger partial charge >= 0.3 is 12.2 Å². The minimum atomic E-state index is -4.48. The van der Waals surface area contributed by atoms with Crippen molar-refractivity contribution in [2.45, 2.75) is 31.5 Å². The third kappa shape index (κ3) is 5.95. The maximum Gasteiger partial charge on any atom is 0.405 e. The molecule has 3 amide bonds. The quantitative estimate of drug-likeness (QED) is 0.703. The molecule has 9 heteroatoms. The van der Waals surface area contributed by atoms with Crippen molar-refractivity contribution in [3.05, 3.63) is 65.5 Å². The average Bonchev–Trinajstić information content (AvgIpc) is 3.14. The summed E-state index contributed by atoms with van der Waals surface area (Å²) in [5.74, 6) is -1.17. The molecule has 0 aromatic heterocycles. The molecule has 0 aliphatic carbocycles. The van der Waals surface area contributed by atoms with E-state index in [4.69, 9.17) is 0 Å². The van der Waals surface area contributed by atoms with Crippen LogP contribution >= 0.6 is 0 Å². The van der Waals surface area contributed by atoms with E-state index in [0.29, 0.717) is 18.7 Å². The van der Waals surface area contributed by atoms with Gasteiger partial charge in [-0.25, -0.2) is 9.18 Å². The number of benzene rings is 2. The Kier molecular flexibility index (Phi) is 6.59. The highest BCUT2D eigenvalue weighted by Gasteiger charge is 2.29. The molecule has 1 aliphatic rings. The second kappa shape index (κ2) is 9.15. The lowest BCUT2D eigenvalue weighted by atomic mass is 10.0. The molecule has 1 aliphatic heterocycles. The minimum absolute atomic E-state index is 0.0563. The lowest BCUT2D eigenvalue weighted by molar-refractivity contribution is -0.123. The van der Waals surface area contributed by atoms with Gasteiger partial charge in [-0.1, -0.05) is 12.1 Å². The van der Waals surface area contributed by atoms with Crippen LogP contribution in [0.25, 0.3) is 0 Å². The van der Waals surface area contributed by atoms with Crippen molar-refractivity contribution >= 4 is 17.6 Å². The first-order valence-electron chi connectivity index (χ1n) is 9.48. The zero-order chi connectivity index (χ0) is 21.7. The fraction of sp³-hybridized carbons (Fsp3) is 0.333. The van der Waals surface area contributed by atoms with Gasteiger partial charge in [0.1, 0.15) is 12.4 Å². The van der Waals surface area contributed by atoms with Crippen molar-refractivity contribution < 1.29 is 27.2 Å². The minimum Gasteiger partial charge on any atom is -0.343 e. The topological polar surface area (TPSA) is 61.4 Å². The summed E-state index contributed by atoms with van der Waals surface area (Å²) < 4.78 is 50.0. The summed E-state index contributed by atoms with van der Waals surface area (Å²) in [7, 11) is 0. The Labute approximate surface area is 171 Å². The van der Waals surface area contributed by atoms with E-state index < -0.39 is 18.6 Å². The van der Waals surface area contributed by atoms with Crippen molar-refractivity contribution in [3.8, 4) is 0 Å². The van der Waals surface area contributed by atoms with Gasteiger partial charge < -0.3 is 15.5 Å². The van der Waals surface area contributed by atoms with Crippen LogP contribution in [0.4, 0.5) is 28.0 Å². The second-order valence-corrected chi connectivity index (χ2v) is 7.13. The molecule has 0 spiro atoms. The number of halogens is 4. The maximum atomic E-state index is 13.4. The first-order valence-corrected chi connectivity index (χ1v) is 9.48. The number of alkyl halides is 3. The Balaban J connectivity index is 1.57. The van der Waals surface area contributed by atoms with Crippen molar-refractivity contribution in [1.82, 2.24) is 10.2 Å². The third-order valence-corrected chi connectivity index (χ3v) is 4.85. The van der Waals surface area contributed by atoms with Gasteiger partial charge in [-0.05, 0) is 61.2 Å². The molecule has 5 nitrogen and oxygen atoms in total. The number of amides is 3. The maximum absolute atomic E-state index is 13.4. The first kappa shape index (κ1) is 21.6. The van der Waals surface area contributed by atoms with Gasteiger partial charge in [0.25, 0.3) is 5.91 Å². The second-order valence-electron chi connectivity index (χ2n) is 7.13. The van der Waals surface area contributed by atoms with E-state index in [1.54, 1.807) is 16.3 Å². The Bertz CT molecular complexity index is 900. The van der Waals surface area contributed by atoms with Crippen LogP contribution in [0, 0.1) is 5.82 Å². The molecule has 0 bridgehead atoms. The Morgan fingerprint density at radius 3 is 2.50 bits per heavy atom. The van der Waals surface area contributed by atoms with Gasteiger partial charge in [0.15, 0.2) is 0 Å². The van der Waals surface area contributed by atoms with E-state index in [2.05, 4.69) is 5.32 Å². The summed E-state index contributed by atoms with van der Waals surface area (Å²) in [6.07, 6.45) is -2.29. The molecule has 2 N–H and O–H groups in total. The molecule has 0 saturated carbocycles. The summed E-state index contributed by atoms with van der Waals surface area (Å²) in [4.78, 5) is 26.1. The van der Waals surface area contributed by atoms with Gasteiger partial charge in [0.2, 0.25) is 0 Å². The fourth-order valence-electron chi connectivity index (χ4n) is 3.43. The molecule has 2 aromatic rings. The monoisotopic (exact) mass is 423 g/mol. The predicted molar refractivity (Wildman–Crippen MR) is 104 cm³/mol. The van der Waals surface area contributed by atoms with Crippen LogP contribution < -0.4 is 10.6 Å². The van der Waals surface area contributed by atoms with Crippen LogP contribution in [-0.4, -0.2) is 42.1 Å². The zero-order valence-corrected chi connectivity index (χ0v) is 16.0. The molecular formula is C21H21F4N3O2. The van der Waals surface area contributed by atoms with Crippen LogP contribution in [0.5, 0.6) is 0 Å². The number of urea groups is 1. The molecule has 0 radical (unpaired) electrons. The van der Waals surface area contributed by atoms with Gasteiger partial charge in [0, 0.05) is 23.8 Å². The predicted octanol–water partition coefficient (Wildman–Crippen LogP) is 4.36. The van der Waals surface area contributed by atoms with Gasteiger partial charge in [-0.15, -0.1) is 0 Å². The van der Waals surface area contributed by atoms with Crippen LogP contribution in [0.3, 0.4) is 0 Å². The molecule has 1 fully saturated rings. The molecule has 3 rings (SSSR count). The van der Waals surface area contributed by atoms with Gasteiger partial charge in [0.05, 0.1) is 0 Å². The first-order chi connectivity index (χ1) is 14.2. The summed E-state index contributed by atoms with van der Waals surface area (Å²) in [5, 5.41) is 4.53. The number of carbonyl (C=O) groups is 2. The van der Waals surface area contributed by atoms with Crippen molar-refractivity contribution in [2.24, 2.45) is 0 Å². The molecule has 2 aromatic carbocycles. The highest BCUT2D eigenvalue weighted by molar-refractivity contribution is 5.95. The lowest BCUT2D eigenvalue weighted by Crippen LogP contribution is -2.39. The number of hydrogen-bond acceptors (Lipinski definition) is 2. The highest BCUT2D eigenvalue weighted by atomic mass is 19.4. The number of nitrogens with zero attached hydrogens (tertiary/aromatic N) is 1. The molecule has 160 valence electrons. The van der Waals surface area contributed by atoms with E-state index in [0.717, 1.165) is 18.4 Å². The van der Waals surface area contributed by atoms with E-state index >= 15 is 0 Å². The van der Waals surface area contributed by atoms with E-state index in [1.807, 2.05) is 6.07 Å². The highest BCUT2D eigenvalue weighted by Crippen LogP contribution is 2.23. The zero-order valence-electron chi connectivity index (χ0n) is 16.0. The number of rotatable bonds is 5. The molecule has 30 heavy (non-hydrogen) atoms. The third-order valence-electron chi connectivity index (χ3n) is 4.85. The molecule has 1 unspecified atom stereocenters. The molecular weight excluding hydrogens is 402 g/mol. The molecule has 1 saturated heterocycles. The Morgan fingerprint density at radius 1 is 1.10 bits per heavy atom. The summed E-state index contributed by atoms with van der Waals surface area (Å²) in [6.45, 7) is -0.838. The summed E-state index contributed by atoms with van der Waals surface area (Å²) in [5.41, 5.74) is 1.29. The van der Waals surface area contributed by atoms with Crippen LogP contribution in [0.15, 0.2) is 48.5 Å². The smallest absolute Gasteiger partial charge is 0.343 e. The number of carbonyl (C=O) groups excluding carboxylic acids is 2. The average molecular weight is 423 g/mol. The van der Waals surface area contributed by atoms with Gasteiger partial charge in [-0.3, -0.25) is 4.79 Å². The number of likely N-dealkylation sites (tertiary alicyclic amines) is 1. The van der Waals surface area contributed by atoms with Crippen LogP contribution in [0.2, 0.25) is 0 Å². The normalized spacial score (nSPS) is 16.4. The summed E-state index contributed by atoms with van der Waals surface area (Å²) in [6, 6.07) is 11.5. The number of hydrogen-bond donors (Lipinski definition) is 2. The standard InChI is InChI=1S/C21H21F4N3O2/c22-16-4-1-3-14(11-16)12-18-5-2-10-28(18)20(30)27-17-8-6-15(7-9-17)19(29)26-13-21(23,24)25/h1,3-4,6-9,11,18H,2,5,10,12-13H2,(H,26,29)(H,27,30). The SMILES string of the molecule is O=C(NCC(F)(F)F)c1ccc(NC(=O)N2CCCC2Cc2cccc(F)c2)cc1.